The molecule has 0 saturated carbocycles. The standard InChI is InChI=1S/C15H20N2O2/c1-9(2)13-8-17(10(3)4)14-6-5-11(7-12(13)14)15(18)16-19/h5-10,19H,1-4H3,(H,16,18). The molecule has 4 nitrogen and oxygen atoms in total. The zero-order chi connectivity index (χ0) is 14.2. The van der Waals surface area contributed by atoms with E-state index in [4.69, 9.17) is 5.21 Å². The number of carbonyl (C=O) groups is 1. The first-order chi connectivity index (χ1) is 8.95. The summed E-state index contributed by atoms with van der Waals surface area (Å²) in [6, 6.07) is 5.88. The summed E-state index contributed by atoms with van der Waals surface area (Å²) in [4.78, 5) is 11.5. The van der Waals surface area contributed by atoms with Gasteiger partial charge in [0.05, 0.1) is 0 Å². The topological polar surface area (TPSA) is 54.3 Å². The van der Waals surface area contributed by atoms with Crippen molar-refractivity contribution >= 4 is 16.8 Å². The molecule has 0 saturated heterocycles. The highest BCUT2D eigenvalue weighted by atomic mass is 16.5. The first-order valence-corrected chi connectivity index (χ1v) is 6.54. The number of hydrogen-bond donors (Lipinski definition) is 2. The van der Waals surface area contributed by atoms with Crippen molar-refractivity contribution in [1.82, 2.24) is 10.0 Å². The van der Waals surface area contributed by atoms with E-state index in [0.29, 0.717) is 17.5 Å². The van der Waals surface area contributed by atoms with E-state index in [0.717, 1.165) is 10.9 Å². The molecular weight excluding hydrogens is 240 g/mol. The lowest BCUT2D eigenvalue weighted by atomic mass is 10.0. The minimum Gasteiger partial charge on any atom is -0.345 e. The Hall–Kier alpha value is -1.81. The number of benzene rings is 1. The van der Waals surface area contributed by atoms with Crippen molar-refractivity contribution in [3.05, 3.63) is 35.5 Å². The Labute approximate surface area is 113 Å². The second-order valence-electron chi connectivity index (χ2n) is 5.41. The number of nitrogens with zero attached hydrogens (tertiary/aromatic N) is 1. The van der Waals surface area contributed by atoms with Crippen molar-refractivity contribution in [2.45, 2.75) is 39.7 Å². The summed E-state index contributed by atoms with van der Waals surface area (Å²) in [7, 11) is 0. The van der Waals surface area contributed by atoms with E-state index >= 15 is 0 Å². The molecule has 0 aliphatic rings. The number of carbonyl (C=O) groups excluding carboxylic acids is 1. The van der Waals surface area contributed by atoms with Gasteiger partial charge in [-0.2, -0.15) is 0 Å². The highest BCUT2D eigenvalue weighted by Crippen LogP contribution is 2.30. The van der Waals surface area contributed by atoms with Crippen LogP contribution in [0.3, 0.4) is 0 Å². The van der Waals surface area contributed by atoms with Gasteiger partial charge in [0.15, 0.2) is 0 Å². The molecule has 2 N–H and O–H groups in total. The highest BCUT2D eigenvalue weighted by molar-refractivity contribution is 5.98. The molecule has 0 unspecified atom stereocenters. The molecule has 0 radical (unpaired) electrons. The van der Waals surface area contributed by atoms with Gasteiger partial charge in [-0.3, -0.25) is 10.0 Å². The summed E-state index contributed by atoms with van der Waals surface area (Å²) in [5.74, 6) is -0.0937. The second kappa shape index (κ2) is 5.05. The van der Waals surface area contributed by atoms with Gasteiger partial charge in [0.1, 0.15) is 0 Å². The van der Waals surface area contributed by atoms with E-state index in [1.54, 1.807) is 11.5 Å². The maximum atomic E-state index is 11.5. The Morgan fingerprint density at radius 3 is 2.47 bits per heavy atom. The molecule has 1 aromatic carbocycles. The normalized spacial score (nSPS) is 11.5. The maximum Gasteiger partial charge on any atom is 0.274 e. The minimum absolute atomic E-state index is 0.368. The van der Waals surface area contributed by atoms with Crippen LogP contribution in [-0.4, -0.2) is 15.7 Å². The van der Waals surface area contributed by atoms with Crippen LogP contribution in [0, 0.1) is 0 Å². The van der Waals surface area contributed by atoms with Crippen molar-refractivity contribution in [3.63, 3.8) is 0 Å². The van der Waals surface area contributed by atoms with Crippen molar-refractivity contribution in [2.24, 2.45) is 0 Å². The number of fused-ring (bicyclic) bond motifs is 1. The van der Waals surface area contributed by atoms with E-state index in [1.165, 1.54) is 5.56 Å². The molecule has 0 aliphatic carbocycles. The number of hydroxylamine groups is 1. The lowest BCUT2D eigenvalue weighted by Crippen LogP contribution is -2.18. The SMILES string of the molecule is CC(C)c1cn(C(C)C)c2ccc(C(=O)NO)cc12. The lowest BCUT2D eigenvalue weighted by Gasteiger charge is -2.09. The Balaban J connectivity index is 2.69. The molecule has 0 aliphatic heterocycles. The van der Waals surface area contributed by atoms with Gasteiger partial charge in [0, 0.05) is 28.7 Å². The predicted octanol–water partition coefficient (Wildman–Crippen LogP) is 3.46. The second-order valence-corrected chi connectivity index (χ2v) is 5.41. The molecule has 1 amide bonds. The zero-order valence-electron chi connectivity index (χ0n) is 11.8. The lowest BCUT2D eigenvalue weighted by molar-refractivity contribution is 0.0706. The number of hydrogen-bond acceptors (Lipinski definition) is 2. The molecule has 0 spiro atoms. The largest absolute Gasteiger partial charge is 0.345 e. The van der Waals surface area contributed by atoms with Crippen molar-refractivity contribution < 1.29 is 10.0 Å². The van der Waals surface area contributed by atoms with Crippen LogP contribution in [0.25, 0.3) is 10.9 Å². The van der Waals surface area contributed by atoms with Gasteiger partial charge >= 0.3 is 0 Å². The average molecular weight is 260 g/mol. The molecule has 0 bridgehead atoms. The fourth-order valence-corrected chi connectivity index (χ4v) is 2.37. The van der Waals surface area contributed by atoms with E-state index < -0.39 is 5.91 Å². The predicted molar refractivity (Wildman–Crippen MR) is 75.7 cm³/mol. The molecule has 102 valence electrons. The fraction of sp³-hybridized carbons (Fsp3) is 0.400. The molecule has 0 atom stereocenters. The smallest absolute Gasteiger partial charge is 0.274 e. The Morgan fingerprint density at radius 2 is 1.95 bits per heavy atom. The third-order valence-corrected chi connectivity index (χ3v) is 3.41. The minimum atomic E-state index is -0.478. The van der Waals surface area contributed by atoms with Gasteiger partial charge in [0.2, 0.25) is 0 Å². The summed E-state index contributed by atoms with van der Waals surface area (Å²) in [6.45, 7) is 8.55. The van der Waals surface area contributed by atoms with Gasteiger partial charge in [-0.05, 0) is 43.5 Å². The Bertz CT molecular complexity index is 612. The molecule has 4 heteroatoms. The first-order valence-electron chi connectivity index (χ1n) is 6.54. The Morgan fingerprint density at radius 1 is 1.26 bits per heavy atom. The van der Waals surface area contributed by atoms with E-state index in [1.807, 2.05) is 12.1 Å². The summed E-state index contributed by atoms with van der Waals surface area (Å²) >= 11 is 0. The fourth-order valence-electron chi connectivity index (χ4n) is 2.37. The third-order valence-electron chi connectivity index (χ3n) is 3.41. The molecular formula is C15H20N2O2. The van der Waals surface area contributed by atoms with Crippen molar-refractivity contribution in [3.8, 4) is 0 Å². The molecule has 1 aromatic heterocycles. The maximum absolute atomic E-state index is 11.5. The van der Waals surface area contributed by atoms with Gasteiger partial charge in [0.25, 0.3) is 5.91 Å². The van der Waals surface area contributed by atoms with Crippen LogP contribution in [0.5, 0.6) is 0 Å². The molecule has 19 heavy (non-hydrogen) atoms. The van der Waals surface area contributed by atoms with Crippen LogP contribution in [0.2, 0.25) is 0 Å². The van der Waals surface area contributed by atoms with Crippen LogP contribution in [0.15, 0.2) is 24.4 Å². The Kier molecular flexibility index (Phi) is 3.62. The van der Waals surface area contributed by atoms with E-state index in [9.17, 15) is 4.79 Å². The van der Waals surface area contributed by atoms with Crippen LogP contribution < -0.4 is 5.48 Å². The highest BCUT2D eigenvalue weighted by Gasteiger charge is 2.15. The monoisotopic (exact) mass is 260 g/mol. The number of aromatic nitrogens is 1. The van der Waals surface area contributed by atoms with Gasteiger partial charge < -0.3 is 4.57 Å². The average Bonchev–Trinajstić information content (AvgIpc) is 2.76. The molecule has 2 aromatic rings. The van der Waals surface area contributed by atoms with Gasteiger partial charge in [-0.1, -0.05) is 13.8 Å². The summed E-state index contributed by atoms with van der Waals surface area (Å²) < 4.78 is 2.21. The van der Waals surface area contributed by atoms with Crippen LogP contribution in [0.1, 0.15) is 55.6 Å². The zero-order valence-corrected chi connectivity index (χ0v) is 11.8. The van der Waals surface area contributed by atoms with E-state index in [2.05, 4.69) is 38.5 Å². The quantitative estimate of drug-likeness (QED) is 0.656. The van der Waals surface area contributed by atoms with E-state index in [-0.39, 0.29) is 0 Å². The third kappa shape index (κ3) is 2.36. The van der Waals surface area contributed by atoms with Crippen LogP contribution >= 0.6 is 0 Å². The summed E-state index contributed by atoms with van der Waals surface area (Å²) in [5, 5.41) is 9.80. The van der Waals surface area contributed by atoms with Gasteiger partial charge in [-0.25, -0.2) is 5.48 Å². The molecule has 0 fully saturated rings. The van der Waals surface area contributed by atoms with Gasteiger partial charge in [-0.15, -0.1) is 0 Å². The van der Waals surface area contributed by atoms with Crippen molar-refractivity contribution in [2.75, 3.05) is 0 Å². The molecule has 1 heterocycles. The van der Waals surface area contributed by atoms with Crippen LogP contribution in [0.4, 0.5) is 0 Å². The van der Waals surface area contributed by atoms with Crippen molar-refractivity contribution in [1.29, 1.82) is 0 Å². The van der Waals surface area contributed by atoms with Crippen LogP contribution in [-0.2, 0) is 0 Å². The first kappa shape index (κ1) is 13.6. The number of rotatable bonds is 3. The molecule has 2 rings (SSSR count). The number of nitrogens with one attached hydrogen (secondary N) is 1. The summed E-state index contributed by atoms with van der Waals surface area (Å²) in [5.41, 5.74) is 4.49. The number of amides is 1. The summed E-state index contributed by atoms with van der Waals surface area (Å²) in [6.07, 6.45) is 2.15.